The Kier molecular flexibility index (Phi) is 5.81. The Labute approximate surface area is 132 Å². The molecule has 1 aliphatic rings. The summed E-state index contributed by atoms with van der Waals surface area (Å²) in [5.74, 6) is 1.23. The molecule has 3 N–H and O–H groups in total. The molecular weight excluding hydrogens is 276 g/mol. The quantitative estimate of drug-likeness (QED) is 0.660. The molecule has 2 rings (SSSR count). The standard InChI is InChI=1S/C17H26N4O/c1-3-19-16(22)15-8-4-7-14(10-15)11-20-17(18)21-9-5-6-13(2)12-21/h4,7-8,10,13H,3,5-6,9,11-12H2,1-2H3,(H2,18,20)(H,19,22). The van der Waals surface area contributed by atoms with E-state index in [2.05, 4.69) is 22.1 Å². The van der Waals surface area contributed by atoms with Crippen LogP contribution in [0.3, 0.4) is 0 Å². The molecule has 1 aromatic rings. The van der Waals surface area contributed by atoms with Crippen molar-refractivity contribution in [1.82, 2.24) is 10.2 Å². The summed E-state index contributed by atoms with van der Waals surface area (Å²) >= 11 is 0. The highest BCUT2D eigenvalue weighted by molar-refractivity contribution is 5.94. The average molecular weight is 302 g/mol. The Hall–Kier alpha value is -2.04. The number of hydrogen-bond acceptors (Lipinski definition) is 2. The Morgan fingerprint density at radius 3 is 3.05 bits per heavy atom. The van der Waals surface area contributed by atoms with Crippen LogP contribution in [0.1, 0.15) is 42.6 Å². The molecule has 1 saturated heterocycles. The van der Waals surface area contributed by atoms with E-state index in [0.29, 0.717) is 30.5 Å². The first kappa shape index (κ1) is 16.3. The molecular formula is C17H26N4O. The molecule has 120 valence electrons. The minimum Gasteiger partial charge on any atom is -0.370 e. The summed E-state index contributed by atoms with van der Waals surface area (Å²) < 4.78 is 0. The highest BCUT2D eigenvalue weighted by Gasteiger charge is 2.17. The molecule has 1 aliphatic heterocycles. The van der Waals surface area contributed by atoms with Crippen LogP contribution in [0.2, 0.25) is 0 Å². The Morgan fingerprint density at radius 2 is 2.32 bits per heavy atom. The van der Waals surface area contributed by atoms with E-state index in [-0.39, 0.29) is 5.91 Å². The number of carbonyl (C=O) groups is 1. The number of nitrogens with one attached hydrogen (secondary N) is 1. The number of rotatable bonds is 4. The van der Waals surface area contributed by atoms with E-state index in [1.54, 1.807) is 0 Å². The Balaban J connectivity index is 1.99. The van der Waals surface area contributed by atoms with Gasteiger partial charge in [-0.25, -0.2) is 4.99 Å². The summed E-state index contributed by atoms with van der Waals surface area (Å²) in [5, 5.41) is 2.80. The van der Waals surface area contributed by atoms with E-state index in [1.807, 2.05) is 31.2 Å². The molecule has 0 bridgehead atoms. The molecule has 1 fully saturated rings. The lowest BCUT2D eigenvalue weighted by molar-refractivity contribution is 0.0955. The van der Waals surface area contributed by atoms with E-state index in [1.165, 1.54) is 12.8 Å². The molecule has 0 spiro atoms. The normalized spacial score (nSPS) is 19.1. The van der Waals surface area contributed by atoms with Crippen molar-refractivity contribution in [2.24, 2.45) is 16.6 Å². The van der Waals surface area contributed by atoms with Crippen molar-refractivity contribution in [3.8, 4) is 0 Å². The molecule has 0 saturated carbocycles. The second kappa shape index (κ2) is 7.82. The third-order valence-electron chi connectivity index (χ3n) is 3.93. The Morgan fingerprint density at radius 1 is 1.50 bits per heavy atom. The molecule has 22 heavy (non-hydrogen) atoms. The highest BCUT2D eigenvalue weighted by atomic mass is 16.1. The van der Waals surface area contributed by atoms with Gasteiger partial charge >= 0.3 is 0 Å². The average Bonchev–Trinajstić information content (AvgIpc) is 2.53. The van der Waals surface area contributed by atoms with Crippen LogP contribution in [0, 0.1) is 5.92 Å². The van der Waals surface area contributed by atoms with Crippen molar-refractivity contribution in [3.05, 3.63) is 35.4 Å². The summed E-state index contributed by atoms with van der Waals surface area (Å²) in [4.78, 5) is 18.5. The van der Waals surface area contributed by atoms with E-state index < -0.39 is 0 Å². The Bertz CT molecular complexity index is 541. The lowest BCUT2D eigenvalue weighted by atomic mass is 10.0. The van der Waals surface area contributed by atoms with Crippen LogP contribution in [0.15, 0.2) is 29.3 Å². The molecule has 0 radical (unpaired) electrons. The number of benzene rings is 1. The van der Waals surface area contributed by atoms with Gasteiger partial charge in [0.05, 0.1) is 6.54 Å². The predicted octanol–water partition coefficient (Wildman–Crippen LogP) is 1.98. The largest absolute Gasteiger partial charge is 0.370 e. The number of aliphatic imine (C=N–C) groups is 1. The smallest absolute Gasteiger partial charge is 0.251 e. The van der Waals surface area contributed by atoms with Gasteiger partial charge in [-0.2, -0.15) is 0 Å². The summed E-state index contributed by atoms with van der Waals surface area (Å²) in [6, 6.07) is 7.54. The van der Waals surface area contributed by atoms with Gasteiger partial charge in [-0.1, -0.05) is 19.1 Å². The van der Waals surface area contributed by atoms with Crippen LogP contribution in [0.5, 0.6) is 0 Å². The second-order valence-electron chi connectivity index (χ2n) is 5.93. The number of guanidine groups is 1. The zero-order chi connectivity index (χ0) is 15.9. The number of likely N-dealkylation sites (tertiary alicyclic amines) is 1. The molecule has 1 amide bonds. The van der Waals surface area contributed by atoms with Crippen LogP contribution in [-0.2, 0) is 6.54 Å². The molecule has 0 aliphatic carbocycles. The maximum Gasteiger partial charge on any atom is 0.251 e. The van der Waals surface area contributed by atoms with Crippen molar-refractivity contribution >= 4 is 11.9 Å². The minimum atomic E-state index is -0.0499. The van der Waals surface area contributed by atoms with Gasteiger partial charge in [-0.3, -0.25) is 4.79 Å². The van der Waals surface area contributed by atoms with Gasteiger partial charge < -0.3 is 16.0 Å². The van der Waals surface area contributed by atoms with Crippen LogP contribution < -0.4 is 11.1 Å². The lowest BCUT2D eigenvalue weighted by Crippen LogP contribution is -2.43. The SMILES string of the molecule is CCNC(=O)c1cccc(CN=C(N)N2CCCC(C)C2)c1. The fraction of sp³-hybridized carbons (Fsp3) is 0.529. The topological polar surface area (TPSA) is 70.7 Å². The van der Waals surface area contributed by atoms with E-state index in [4.69, 9.17) is 5.73 Å². The minimum absolute atomic E-state index is 0.0499. The van der Waals surface area contributed by atoms with Gasteiger partial charge in [0.15, 0.2) is 5.96 Å². The summed E-state index contributed by atoms with van der Waals surface area (Å²) in [6.07, 6.45) is 2.43. The van der Waals surface area contributed by atoms with Gasteiger partial charge in [0.25, 0.3) is 5.91 Å². The van der Waals surface area contributed by atoms with E-state index >= 15 is 0 Å². The van der Waals surface area contributed by atoms with Crippen LogP contribution in [0.4, 0.5) is 0 Å². The molecule has 1 heterocycles. The first-order chi connectivity index (χ1) is 10.6. The number of amides is 1. The van der Waals surface area contributed by atoms with Crippen molar-refractivity contribution in [2.45, 2.75) is 33.2 Å². The highest BCUT2D eigenvalue weighted by Crippen LogP contribution is 2.15. The van der Waals surface area contributed by atoms with Crippen LogP contribution >= 0.6 is 0 Å². The van der Waals surface area contributed by atoms with Gasteiger partial charge in [-0.05, 0) is 43.4 Å². The van der Waals surface area contributed by atoms with Gasteiger partial charge in [0.2, 0.25) is 0 Å². The second-order valence-corrected chi connectivity index (χ2v) is 5.93. The van der Waals surface area contributed by atoms with Crippen molar-refractivity contribution in [1.29, 1.82) is 0 Å². The molecule has 5 heteroatoms. The predicted molar refractivity (Wildman–Crippen MR) is 89.7 cm³/mol. The summed E-state index contributed by atoms with van der Waals surface area (Å²) in [5.41, 5.74) is 7.76. The lowest BCUT2D eigenvalue weighted by Gasteiger charge is -2.31. The van der Waals surface area contributed by atoms with Gasteiger partial charge in [0.1, 0.15) is 0 Å². The number of piperidine rings is 1. The number of hydrogen-bond donors (Lipinski definition) is 2. The maximum absolute atomic E-state index is 11.8. The van der Waals surface area contributed by atoms with Crippen LogP contribution in [-0.4, -0.2) is 36.4 Å². The fourth-order valence-corrected chi connectivity index (χ4v) is 2.74. The summed E-state index contributed by atoms with van der Waals surface area (Å²) in [6.45, 7) is 7.25. The zero-order valence-corrected chi connectivity index (χ0v) is 13.5. The molecule has 1 unspecified atom stereocenters. The third-order valence-corrected chi connectivity index (χ3v) is 3.93. The van der Waals surface area contributed by atoms with Gasteiger partial charge in [0, 0.05) is 25.2 Å². The molecule has 1 atom stereocenters. The summed E-state index contributed by atoms with van der Waals surface area (Å²) in [7, 11) is 0. The first-order valence-electron chi connectivity index (χ1n) is 8.02. The molecule has 0 aromatic heterocycles. The number of carbonyl (C=O) groups excluding carboxylic acids is 1. The van der Waals surface area contributed by atoms with Crippen molar-refractivity contribution < 1.29 is 4.79 Å². The van der Waals surface area contributed by atoms with Crippen molar-refractivity contribution in [2.75, 3.05) is 19.6 Å². The third kappa shape index (κ3) is 4.48. The van der Waals surface area contributed by atoms with Crippen LogP contribution in [0.25, 0.3) is 0 Å². The monoisotopic (exact) mass is 302 g/mol. The first-order valence-corrected chi connectivity index (χ1v) is 8.02. The van der Waals surface area contributed by atoms with E-state index in [9.17, 15) is 4.79 Å². The number of nitrogens with zero attached hydrogens (tertiary/aromatic N) is 2. The maximum atomic E-state index is 11.8. The fourth-order valence-electron chi connectivity index (χ4n) is 2.74. The number of nitrogens with two attached hydrogens (primary N) is 1. The zero-order valence-electron chi connectivity index (χ0n) is 13.5. The van der Waals surface area contributed by atoms with E-state index in [0.717, 1.165) is 18.7 Å². The molecule has 1 aromatic carbocycles. The van der Waals surface area contributed by atoms with Gasteiger partial charge in [-0.15, -0.1) is 0 Å². The molecule has 5 nitrogen and oxygen atoms in total. The van der Waals surface area contributed by atoms with Crippen molar-refractivity contribution in [3.63, 3.8) is 0 Å².